The zero-order chi connectivity index (χ0) is 14.1. The highest BCUT2D eigenvalue weighted by atomic mass is 32.2. The number of fused-ring (bicyclic) bond motifs is 1. The van der Waals surface area contributed by atoms with Gasteiger partial charge >= 0.3 is 12.0 Å². The molecule has 3 heterocycles. The maximum atomic E-state index is 12.5. The molecule has 1 unspecified atom stereocenters. The first kappa shape index (κ1) is 14.0. The number of carbonyl (C=O) groups excluding carboxylic acids is 1. The number of rotatable bonds is 1. The molecule has 3 saturated heterocycles. The lowest BCUT2D eigenvalue weighted by Gasteiger charge is -2.45. The molecule has 6 nitrogen and oxygen atoms in total. The summed E-state index contributed by atoms with van der Waals surface area (Å²) in [7, 11) is 0. The van der Waals surface area contributed by atoms with Gasteiger partial charge in [-0.15, -0.1) is 11.8 Å². The molecule has 2 atom stereocenters. The van der Waals surface area contributed by atoms with Crippen molar-refractivity contribution in [1.29, 1.82) is 0 Å². The summed E-state index contributed by atoms with van der Waals surface area (Å²) in [5.41, 5.74) is 0. The fourth-order valence-corrected chi connectivity index (χ4v) is 4.49. The van der Waals surface area contributed by atoms with E-state index in [-0.39, 0.29) is 6.03 Å². The number of carbonyl (C=O) groups is 2. The van der Waals surface area contributed by atoms with Crippen molar-refractivity contribution in [3.63, 3.8) is 0 Å². The van der Waals surface area contributed by atoms with E-state index < -0.39 is 12.0 Å². The van der Waals surface area contributed by atoms with Crippen LogP contribution in [-0.2, 0) is 4.79 Å². The van der Waals surface area contributed by atoms with Gasteiger partial charge < -0.3 is 14.9 Å². The van der Waals surface area contributed by atoms with Crippen LogP contribution in [-0.4, -0.2) is 81.7 Å². The third-order valence-corrected chi connectivity index (χ3v) is 5.53. The van der Waals surface area contributed by atoms with Crippen LogP contribution in [0.4, 0.5) is 4.79 Å². The van der Waals surface area contributed by atoms with Crippen molar-refractivity contribution < 1.29 is 14.7 Å². The van der Waals surface area contributed by atoms with Crippen LogP contribution >= 0.6 is 11.8 Å². The molecule has 3 aliphatic rings. The summed E-state index contributed by atoms with van der Waals surface area (Å²) in [6.45, 7) is 3.55. The number of urea groups is 1. The predicted molar refractivity (Wildman–Crippen MR) is 76.8 cm³/mol. The Morgan fingerprint density at radius 1 is 1.15 bits per heavy atom. The van der Waals surface area contributed by atoms with E-state index in [1.54, 1.807) is 0 Å². The second kappa shape index (κ2) is 5.81. The van der Waals surface area contributed by atoms with Crippen molar-refractivity contribution in [2.24, 2.45) is 0 Å². The van der Waals surface area contributed by atoms with E-state index in [1.165, 1.54) is 29.5 Å². The van der Waals surface area contributed by atoms with E-state index in [0.29, 0.717) is 17.7 Å². The first-order valence-electron chi connectivity index (χ1n) is 7.27. The monoisotopic (exact) mass is 299 g/mol. The minimum absolute atomic E-state index is 0.0902. The highest BCUT2D eigenvalue weighted by Crippen LogP contribution is 2.25. The van der Waals surface area contributed by atoms with Crippen LogP contribution in [0, 0.1) is 0 Å². The van der Waals surface area contributed by atoms with E-state index in [9.17, 15) is 14.7 Å². The summed E-state index contributed by atoms with van der Waals surface area (Å²) in [5.74, 6) is 0.116. The lowest BCUT2D eigenvalue weighted by Crippen LogP contribution is -2.59. The molecule has 0 aromatic heterocycles. The number of carboxylic acid groups (broad SMARTS) is 1. The van der Waals surface area contributed by atoms with E-state index in [1.807, 2.05) is 4.90 Å². The zero-order valence-corrected chi connectivity index (χ0v) is 12.3. The molecule has 112 valence electrons. The summed E-state index contributed by atoms with van der Waals surface area (Å²) in [4.78, 5) is 29.6. The van der Waals surface area contributed by atoms with Gasteiger partial charge in [-0.25, -0.2) is 9.59 Å². The Morgan fingerprint density at radius 3 is 2.80 bits per heavy atom. The van der Waals surface area contributed by atoms with E-state index in [0.717, 1.165) is 32.6 Å². The molecule has 0 aromatic carbocycles. The summed E-state index contributed by atoms with van der Waals surface area (Å²) >= 11 is 1.52. The van der Waals surface area contributed by atoms with Gasteiger partial charge in [0.15, 0.2) is 0 Å². The van der Waals surface area contributed by atoms with Gasteiger partial charge in [0, 0.05) is 31.4 Å². The molecular formula is C13H21N3O3S. The van der Waals surface area contributed by atoms with Gasteiger partial charge in [0.2, 0.25) is 0 Å². The van der Waals surface area contributed by atoms with Crippen molar-refractivity contribution in [2.45, 2.75) is 31.3 Å². The van der Waals surface area contributed by atoms with Gasteiger partial charge in [-0.05, 0) is 19.4 Å². The number of piperazine rings is 1. The Morgan fingerprint density at radius 2 is 2.00 bits per heavy atom. The summed E-state index contributed by atoms with van der Waals surface area (Å²) in [6.07, 6.45) is 3.65. The van der Waals surface area contributed by atoms with Crippen LogP contribution in [0.15, 0.2) is 0 Å². The van der Waals surface area contributed by atoms with Gasteiger partial charge in [-0.2, -0.15) is 0 Å². The average molecular weight is 299 g/mol. The van der Waals surface area contributed by atoms with Crippen molar-refractivity contribution in [2.75, 3.05) is 37.8 Å². The first-order chi connectivity index (χ1) is 9.66. The maximum absolute atomic E-state index is 12.5. The van der Waals surface area contributed by atoms with Crippen molar-refractivity contribution in [1.82, 2.24) is 14.7 Å². The third-order valence-electron chi connectivity index (χ3n) is 4.52. The van der Waals surface area contributed by atoms with Gasteiger partial charge in [0.05, 0.1) is 5.88 Å². The Kier molecular flexibility index (Phi) is 4.07. The Hall–Kier alpha value is -0.950. The number of carboxylic acids is 1. The molecule has 7 heteroatoms. The van der Waals surface area contributed by atoms with Crippen LogP contribution in [0.1, 0.15) is 19.3 Å². The van der Waals surface area contributed by atoms with Gasteiger partial charge in [0.1, 0.15) is 6.04 Å². The SMILES string of the molecule is O=C(O)[C@@H]1CSCN1C(=O)N1CCN2CCCCC2C1. The predicted octanol–water partition coefficient (Wildman–Crippen LogP) is 0.736. The van der Waals surface area contributed by atoms with Crippen LogP contribution in [0.2, 0.25) is 0 Å². The standard InChI is InChI=1S/C13H21N3O3S/c17-12(18)11-8-20-9-16(11)13(19)15-6-5-14-4-2-1-3-10(14)7-15/h10-11H,1-9H2,(H,17,18)/t10?,11-/m0/s1. The van der Waals surface area contributed by atoms with E-state index >= 15 is 0 Å². The minimum Gasteiger partial charge on any atom is -0.480 e. The summed E-state index contributed by atoms with van der Waals surface area (Å²) in [5, 5.41) is 9.18. The maximum Gasteiger partial charge on any atom is 0.327 e. The normalized spacial score (nSPS) is 31.2. The van der Waals surface area contributed by atoms with Crippen molar-refractivity contribution in [3.05, 3.63) is 0 Å². The number of piperidine rings is 1. The van der Waals surface area contributed by atoms with Crippen LogP contribution in [0.3, 0.4) is 0 Å². The molecule has 1 N–H and O–H groups in total. The molecule has 3 rings (SSSR count). The highest BCUT2D eigenvalue weighted by Gasteiger charge is 2.39. The Balaban J connectivity index is 1.64. The molecule has 2 amide bonds. The number of aliphatic carboxylic acids is 1. The zero-order valence-electron chi connectivity index (χ0n) is 11.5. The van der Waals surface area contributed by atoms with E-state index in [2.05, 4.69) is 4.90 Å². The average Bonchev–Trinajstić information content (AvgIpc) is 2.95. The molecule has 3 aliphatic heterocycles. The molecule has 20 heavy (non-hydrogen) atoms. The quantitative estimate of drug-likeness (QED) is 0.773. The minimum atomic E-state index is -0.889. The summed E-state index contributed by atoms with van der Waals surface area (Å²) < 4.78 is 0. The topological polar surface area (TPSA) is 64.1 Å². The highest BCUT2D eigenvalue weighted by molar-refractivity contribution is 7.99. The third kappa shape index (κ3) is 2.61. The largest absolute Gasteiger partial charge is 0.480 e. The number of amides is 2. The van der Waals surface area contributed by atoms with Crippen molar-refractivity contribution >= 4 is 23.8 Å². The molecule has 0 spiro atoms. The first-order valence-corrected chi connectivity index (χ1v) is 8.42. The fourth-order valence-electron chi connectivity index (χ4n) is 3.35. The van der Waals surface area contributed by atoms with Crippen molar-refractivity contribution in [3.8, 4) is 0 Å². The lowest BCUT2D eigenvalue weighted by atomic mass is 10.00. The molecule has 3 fully saturated rings. The Labute approximate surface area is 123 Å². The molecule has 0 saturated carbocycles. The van der Waals surface area contributed by atoms with Gasteiger partial charge in [-0.1, -0.05) is 6.42 Å². The second-order valence-corrected chi connectivity index (χ2v) is 6.74. The van der Waals surface area contributed by atoms with Gasteiger partial charge in [-0.3, -0.25) is 4.90 Å². The number of nitrogens with zero attached hydrogens (tertiary/aromatic N) is 3. The van der Waals surface area contributed by atoms with Crippen LogP contribution in [0.25, 0.3) is 0 Å². The smallest absolute Gasteiger partial charge is 0.327 e. The number of hydrogen-bond donors (Lipinski definition) is 1. The molecular weight excluding hydrogens is 278 g/mol. The molecule has 0 aliphatic carbocycles. The molecule has 0 aromatic rings. The number of thioether (sulfide) groups is 1. The molecule has 0 bridgehead atoms. The summed E-state index contributed by atoms with van der Waals surface area (Å²) in [6, 6.07) is -0.274. The van der Waals surface area contributed by atoms with E-state index in [4.69, 9.17) is 0 Å². The Bertz CT molecular complexity index is 406. The number of hydrogen-bond acceptors (Lipinski definition) is 4. The van der Waals surface area contributed by atoms with Gasteiger partial charge in [0.25, 0.3) is 0 Å². The fraction of sp³-hybridized carbons (Fsp3) is 0.846. The van der Waals surface area contributed by atoms with Crippen LogP contribution in [0.5, 0.6) is 0 Å². The lowest BCUT2D eigenvalue weighted by molar-refractivity contribution is -0.141. The molecule has 0 radical (unpaired) electrons. The second-order valence-electron chi connectivity index (χ2n) is 5.74. The van der Waals surface area contributed by atoms with Crippen LogP contribution < -0.4 is 0 Å².